The minimum absolute atomic E-state index is 0.0124. The Morgan fingerprint density at radius 1 is 1.25 bits per heavy atom. The predicted octanol–water partition coefficient (Wildman–Crippen LogP) is 2.59. The van der Waals surface area contributed by atoms with Crippen LogP contribution in [0, 0.1) is 0 Å². The minimum atomic E-state index is -0.553. The van der Waals surface area contributed by atoms with Gasteiger partial charge < -0.3 is 9.84 Å². The topological polar surface area (TPSA) is 50.7 Å². The molecule has 0 heterocycles. The van der Waals surface area contributed by atoms with Crippen LogP contribution in [-0.4, -0.2) is 30.5 Å². The van der Waals surface area contributed by atoms with Crippen LogP contribution in [0.5, 0.6) is 0 Å². The van der Waals surface area contributed by atoms with Crippen molar-refractivity contribution in [1.82, 2.24) is 5.48 Å². The van der Waals surface area contributed by atoms with Crippen LogP contribution in [0.15, 0.2) is 30.3 Å². The maximum absolute atomic E-state index is 9.85. The maximum atomic E-state index is 9.85. The molecule has 2 N–H and O–H groups in total. The second-order valence-corrected chi connectivity index (χ2v) is 5.41. The number of hydrogen-bond acceptors (Lipinski definition) is 4. The first kappa shape index (κ1) is 15.4. The van der Waals surface area contributed by atoms with Gasteiger partial charge in [-0.1, -0.05) is 43.2 Å². The van der Waals surface area contributed by atoms with Crippen molar-refractivity contribution in [3.8, 4) is 0 Å². The Labute approximate surface area is 121 Å². The van der Waals surface area contributed by atoms with Gasteiger partial charge in [0.1, 0.15) is 0 Å². The first-order chi connectivity index (χ1) is 9.75. The zero-order valence-corrected chi connectivity index (χ0v) is 12.1. The lowest BCUT2D eigenvalue weighted by Crippen LogP contribution is -2.33. The molecule has 4 heteroatoms. The number of aliphatic hydroxyl groups excluding tert-OH is 1. The zero-order chi connectivity index (χ0) is 14.2. The van der Waals surface area contributed by atoms with Crippen LogP contribution < -0.4 is 5.48 Å². The summed E-state index contributed by atoms with van der Waals surface area (Å²) in [5, 5.41) is 9.85. The van der Waals surface area contributed by atoms with E-state index in [0.29, 0.717) is 19.3 Å². The molecule has 0 saturated heterocycles. The second-order valence-electron chi connectivity index (χ2n) is 5.41. The predicted molar refractivity (Wildman–Crippen MR) is 78.2 cm³/mol. The number of benzene rings is 1. The Kier molecular flexibility index (Phi) is 6.47. The summed E-state index contributed by atoms with van der Waals surface area (Å²) in [6.07, 6.45) is 4.46. The molecule has 1 fully saturated rings. The van der Waals surface area contributed by atoms with Gasteiger partial charge in [0.2, 0.25) is 0 Å². The van der Waals surface area contributed by atoms with Crippen molar-refractivity contribution in [2.75, 3.05) is 13.2 Å². The first-order valence-corrected chi connectivity index (χ1v) is 7.49. The highest BCUT2D eigenvalue weighted by Gasteiger charge is 2.16. The van der Waals surface area contributed by atoms with Gasteiger partial charge in [-0.15, -0.1) is 0 Å². The summed E-state index contributed by atoms with van der Waals surface area (Å²) in [5.74, 6) is 0. The number of aliphatic hydroxyl groups is 1. The number of hydroxylamine groups is 1. The highest BCUT2D eigenvalue weighted by atomic mass is 16.7. The van der Waals surface area contributed by atoms with Crippen molar-refractivity contribution >= 4 is 0 Å². The van der Waals surface area contributed by atoms with Crippen LogP contribution in [0.25, 0.3) is 0 Å². The zero-order valence-electron chi connectivity index (χ0n) is 12.1. The number of rotatable bonds is 8. The molecule has 1 saturated carbocycles. The summed E-state index contributed by atoms with van der Waals surface area (Å²) >= 11 is 0. The summed E-state index contributed by atoms with van der Waals surface area (Å²) in [4.78, 5) is 5.50. The van der Waals surface area contributed by atoms with E-state index in [0.717, 1.165) is 18.4 Å². The van der Waals surface area contributed by atoms with Crippen LogP contribution in [0.4, 0.5) is 0 Å². The van der Waals surface area contributed by atoms with Gasteiger partial charge in [0.15, 0.2) is 0 Å². The SMILES string of the molecule is CC(OCC(O)CNOC1CCCC1)c1ccccc1. The Balaban J connectivity index is 1.58. The Hall–Kier alpha value is -0.940. The molecule has 4 nitrogen and oxygen atoms in total. The van der Waals surface area contributed by atoms with E-state index in [9.17, 15) is 5.11 Å². The van der Waals surface area contributed by atoms with Gasteiger partial charge in [-0.25, -0.2) is 0 Å². The van der Waals surface area contributed by atoms with Crippen LogP contribution in [-0.2, 0) is 9.57 Å². The smallest absolute Gasteiger partial charge is 0.0921 e. The summed E-state index contributed by atoms with van der Waals surface area (Å²) in [5.41, 5.74) is 3.98. The number of hydrogen-bond donors (Lipinski definition) is 2. The second kappa shape index (κ2) is 8.37. The van der Waals surface area contributed by atoms with E-state index in [1.807, 2.05) is 37.3 Å². The van der Waals surface area contributed by atoms with E-state index in [2.05, 4.69) is 5.48 Å². The fourth-order valence-electron chi connectivity index (χ4n) is 2.40. The fraction of sp³-hybridized carbons (Fsp3) is 0.625. The highest BCUT2D eigenvalue weighted by Crippen LogP contribution is 2.20. The van der Waals surface area contributed by atoms with E-state index >= 15 is 0 Å². The molecule has 0 spiro atoms. The molecule has 0 radical (unpaired) electrons. The molecule has 20 heavy (non-hydrogen) atoms. The van der Waals surface area contributed by atoms with Crippen LogP contribution in [0.2, 0.25) is 0 Å². The molecule has 0 amide bonds. The van der Waals surface area contributed by atoms with E-state index < -0.39 is 6.10 Å². The number of ether oxygens (including phenoxy) is 1. The highest BCUT2D eigenvalue weighted by molar-refractivity contribution is 5.16. The average Bonchev–Trinajstić information content (AvgIpc) is 2.99. The fourth-order valence-corrected chi connectivity index (χ4v) is 2.40. The molecule has 0 aromatic heterocycles. The van der Waals surface area contributed by atoms with E-state index in [4.69, 9.17) is 9.57 Å². The van der Waals surface area contributed by atoms with Gasteiger partial charge in [-0.05, 0) is 25.3 Å². The molecular weight excluding hydrogens is 254 g/mol. The molecule has 0 bridgehead atoms. The number of nitrogens with one attached hydrogen (secondary N) is 1. The van der Waals surface area contributed by atoms with Gasteiger partial charge in [-0.3, -0.25) is 4.84 Å². The molecule has 1 aliphatic carbocycles. The minimum Gasteiger partial charge on any atom is -0.389 e. The molecular formula is C16H25NO3. The van der Waals surface area contributed by atoms with Crippen molar-refractivity contribution < 1.29 is 14.7 Å². The summed E-state index contributed by atoms with van der Waals surface area (Å²) < 4.78 is 5.67. The third-order valence-corrected chi connectivity index (χ3v) is 3.68. The van der Waals surface area contributed by atoms with Gasteiger partial charge >= 0.3 is 0 Å². The van der Waals surface area contributed by atoms with E-state index in [1.54, 1.807) is 0 Å². The summed E-state index contributed by atoms with van der Waals surface area (Å²) in [6.45, 7) is 2.69. The quantitative estimate of drug-likeness (QED) is 0.718. The molecule has 0 aliphatic heterocycles. The standard InChI is InChI=1S/C16H25NO3/c1-13(14-7-3-2-4-8-14)19-12-15(18)11-17-20-16-9-5-6-10-16/h2-4,7-8,13,15-18H,5-6,9-12H2,1H3. The van der Waals surface area contributed by atoms with Crippen LogP contribution >= 0.6 is 0 Å². The van der Waals surface area contributed by atoms with Crippen molar-refractivity contribution in [2.24, 2.45) is 0 Å². The third-order valence-electron chi connectivity index (χ3n) is 3.68. The van der Waals surface area contributed by atoms with Gasteiger partial charge in [0.05, 0.1) is 24.9 Å². The molecule has 1 aromatic rings. The first-order valence-electron chi connectivity index (χ1n) is 7.49. The largest absolute Gasteiger partial charge is 0.389 e. The average molecular weight is 279 g/mol. The van der Waals surface area contributed by atoms with Gasteiger partial charge in [-0.2, -0.15) is 5.48 Å². The van der Waals surface area contributed by atoms with E-state index in [-0.39, 0.29) is 6.10 Å². The third kappa shape index (κ3) is 5.21. The maximum Gasteiger partial charge on any atom is 0.0921 e. The van der Waals surface area contributed by atoms with Crippen molar-refractivity contribution in [3.05, 3.63) is 35.9 Å². The molecule has 1 aromatic carbocycles. The molecule has 2 rings (SSSR count). The summed E-state index contributed by atoms with van der Waals surface area (Å²) in [6, 6.07) is 10.0. The Morgan fingerprint density at radius 2 is 1.95 bits per heavy atom. The van der Waals surface area contributed by atoms with Crippen LogP contribution in [0.1, 0.15) is 44.3 Å². The van der Waals surface area contributed by atoms with Crippen LogP contribution in [0.3, 0.4) is 0 Å². The van der Waals surface area contributed by atoms with Gasteiger partial charge in [0.25, 0.3) is 0 Å². The normalized spacial score (nSPS) is 19.1. The van der Waals surface area contributed by atoms with Crippen molar-refractivity contribution in [3.63, 3.8) is 0 Å². The Morgan fingerprint density at radius 3 is 2.65 bits per heavy atom. The van der Waals surface area contributed by atoms with E-state index in [1.165, 1.54) is 12.8 Å². The molecule has 112 valence electrons. The monoisotopic (exact) mass is 279 g/mol. The molecule has 2 unspecified atom stereocenters. The lowest BCUT2D eigenvalue weighted by Gasteiger charge is -2.18. The lowest BCUT2D eigenvalue weighted by atomic mass is 10.1. The molecule has 2 atom stereocenters. The van der Waals surface area contributed by atoms with Gasteiger partial charge in [0, 0.05) is 6.54 Å². The molecule has 1 aliphatic rings. The lowest BCUT2D eigenvalue weighted by molar-refractivity contribution is -0.0577. The van der Waals surface area contributed by atoms with Crippen molar-refractivity contribution in [1.29, 1.82) is 0 Å². The van der Waals surface area contributed by atoms with Crippen molar-refractivity contribution in [2.45, 2.75) is 50.9 Å². The Bertz CT molecular complexity index is 365. The summed E-state index contributed by atoms with van der Waals surface area (Å²) in [7, 11) is 0.